The molecule has 1 aliphatic carbocycles. The van der Waals surface area contributed by atoms with Gasteiger partial charge in [0.1, 0.15) is 0 Å². The van der Waals surface area contributed by atoms with E-state index in [1.165, 1.54) is 24.1 Å². The molecule has 0 radical (unpaired) electrons. The van der Waals surface area contributed by atoms with Gasteiger partial charge in [-0.15, -0.1) is 0 Å². The number of aromatic nitrogens is 1. The van der Waals surface area contributed by atoms with E-state index >= 15 is 0 Å². The zero-order valence-electron chi connectivity index (χ0n) is 13.3. The Balaban J connectivity index is 1.80. The van der Waals surface area contributed by atoms with Crippen molar-refractivity contribution >= 4 is 34.8 Å². The zero-order chi connectivity index (χ0) is 16.1. The number of fused-ring (bicyclic) bond motifs is 2. The van der Waals surface area contributed by atoms with Crippen LogP contribution in [0, 0.1) is 6.92 Å². The number of benzene rings is 1. The fraction of sp³-hybridized carbons (Fsp3) is 0.316. The second kappa shape index (κ2) is 5.27. The molecule has 0 saturated heterocycles. The van der Waals surface area contributed by atoms with Gasteiger partial charge in [0.05, 0.1) is 11.3 Å². The summed E-state index contributed by atoms with van der Waals surface area (Å²) in [4.78, 5) is 15.9. The van der Waals surface area contributed by atoms with Crippen LogP contribution in [0.2, 0.25) is 5.02 Å². The Morgan fingerprint density at radius 1 is 1.30 bits per heavy atom. The smallest absolute Gasteiger partial charge is 0.256 e. The second-order valence-electron chi connectivity index (χ2n) is 6.61. The van der Waals surface area contributed by atoms with Crippen molar-refractivity contribution < 1.29 is 4.79 Å². The van der Waals surface area contributed by atoms with Gasteiger partial charge in [-0.3, -0.25) is 4.79 Å². The summed E-state index contributed by atoms with van der Waals surface area (Å²) in [5.41, 5.74) is 7.14. The number of aryl methyl sites for hydroxylation is 2. The number of amides is 1. The average Bonchev–Trinajstić information content (AvgIpc) is 3.04. The lowest BCUT2D eigenvalue weighted by Crippen LogP contribution is -2.04. The summed E-state index contributed by atoms with van der Waals surface area (Å²) >= 11 is 6.17. The number of rotatable bonds is 1. The quantitative estimate of drug-likeness (QED) is 0.719. The lowest BCUT2D eigenvalue weighted by molar-refractivity contribution is -0.110. The van der Waals surface area contributed by atoms with Crippen molar-refractivity contribution in [3.8, 4) is 0 Å². The molecule has 118 valence electrons. The van der Waals surface area contributed by atoms with Gasteiger partial charge in [-0.1, -0.05) is 18.5 Å². The third-order valence-corrected chi connectivity index (χ3v) is 5.14. The zero-order valence-corrected chi connectivity index (χ0v) is 14.1. The molecule has 0 bridgehead atoms. The lowest BCUT2D eigenvalue weighted by Gasteiger charge is -2.17. The van der Waals surface area contributed by atoms with E-state index in [4.69, 9.17) is 11.6 Å². The third kappa shape index (κ3) is 2.40. The number of halogens is 1. The molecule has 2 N–H and O–H groups in total. The predicted octanol–water partition coefficient (Wildman–Crippen LogP) is 4.91. The molecular weight excluding hydrogens is 308 g/mol. The number of H-pyrrole nitrogens is 1. The largest absolute Gasteiger partial charge is 0.359 e. The monoisotopic (exact) mass is 326 g/mol. The van der Waals surface area contributed by atoms with Gasteiger partial charge in [-0.2, -0.15) is 0 Å². The van der Waals surface area contributed by atoms with Crippen molar-refractivity contribution in [3.63, 3.8) is 0 Å². The number of nitrogens with one attached hydrogen (secondary N) is 2. The van der Waals surface area contributed by atoms with E-state index in [1.54, 1.807) is 0 Å². The van der Waals surface area contributed by atoms with Gasteiger partial charge in [-0.05, 0) is 67.5 Å². The Bertz CT molecular complexity index is 847. The SMILES string of the molecule is Cc1cc(Cl)cc2c1NC(=O)C2=Cc1cc2c([nH]1)CCCC2C. The topological polar surface area (TPSA) is 44.9 Å². The van der Waals surface area contributed by atoms with Crippen LogP contribution in [0.5, 0.6) is 0 Å². The summed E-state index contributed by atoms with van der Waals surface area (Å²) in [7, 11) is 0. The van der Waals surface area contributed by atoms with E-state index in [1.807, 2.05) is 25.1 Å². The first-order chi connectivity index (χ1) is 11.0. The second-order valence-corrected chi connectivity index (χ2v) is 7.05. The fourth-order valence-electron chi connectivity index (χ4n) is 3.73. The first-order valence-corrected chi connectivity index (χ1v) is 8.46. The Labute approximate surface area is 140 Å². The number of carbonyl (C=O) groups is 1. The van der Waals surface area contributed by atoms with Crippen molar-refractivity contribution in [2.75, 3.05) is 5.32 Å². The normalized spacial score (nSPS) is 21.3. The van der Waals surface area contributed by atoms with E-state index in [2.05, 4.69) is 23.3 Å². The number of hydrogen-bond donors (Lipinski definition) is 2. The molecule has 2 heterocycles. The van der Waals surface area contributed by atoms with Crippen LogP contribution in [0.3, 0.4) is 0 Å². The van der Waals surface area contributed by atoms with Crippen LogP contribution in [0.4, 0.5) is 5.69 Å². The summed E-state index contributed by atoms with van der Waals surface area (Å²) in [5.74, 6) is 0.523. The maximum atomic E-state index is 12.4. The van der Waals surface area contributed by atoms with E-state index in [0.717, 1.165) is 28.9 Å². The summed E-state index contributed by atoms with van der Waals surface area (Å²) in [6, 6.07) is 5.92. The van der Waals surface area contributed by atoms with Gasteiger partial charge in [0.2, 0.25) is 0 Å². The summed E-state index contributed by atoms with van der Waals surface area (Å²) < 4.78 is 0. The van der Waals surface area contributed by atoms with E-state index in [9.17, 15) is 4.79 Å². The van der Waals surface area contributed by atoms with E-state index in [-0.39, 0.29) is 5.91 Å². The highest BCUT2D eigenvalue weighted by Crippen LogP contribution is 2.38. The first kappa shape index (κ1) is 14.6. The average molecular weight is 327 g/mol. The number of hydrogen-bond acceptors (Lipinski definition) is 1. The lowest BCUT2D eigenvalue weighted by atomic mass is 9.88. The minimum Gasteiger partial charge on any atom is -0.359 e. The minimum absolute atomic E-state index is 0.0639. The van der Waals surface area contributed by atoms with Crippen LogP contribution in [-0.2, 0) is 11.2 Å². The Morgan fingerprint density at radius 2 is 2.13 bits per heavy atom. The molecule has 2 aliphatic rings. The highest BCUT2D eigenvalue weighted by atomic mass is 35.5. The molecule has 1 aromatic heterocycles. The van der Waals surface area contributed by atoms with Crippen LogP contribution < -0.4 is 5.32 Å². The molecule has 4 rings (SSSR count). The molecule has 2 aromatic rings. The highest BCUT2D eigenvalue weighted by molar-refractivity contribution is 6.37. The van der Waals surface area contributed by atoms with Crippen LogP contribution in [0.15, 0.2) is 18.2 Å². The maximum Gasteiger partial charge on any atom is 0.256 e. The van der Waals surface area contributed by atoms with Crippen molar-refractivity contribution in [1.82, 2.24) is 4.98 Å². The molecule has 0 saturated carbocycles. The number of carbonyl (C=O) groups excluding carboxylic acids is 1. The van der Waals surface area contributed by atoms with Crippen LogP contribution in [-0.4, -0.2) is 10.9 Å². The Morgan fingerprint density at radius 3 is 2.91 bits per heavy atom. The molecule has 1 atom stereocenters. The van der Waals surface area contributed by atoms with Crippen molar-refractivity contribution in [2.24, 2.45) is 0 Å². The number of anilines is 1. The van der Waals surface area contributed by atoms with Gasteiger partial charge < -0.3 is 10.3 Å². The Hall–Kier alpha value is -2.00. The standard InChI is InChI=1S/C19H19ClN2O/c1-10-4-3-5-17-14(10)8-13(21-17)9-16-15-7-12(20)6-11(2)18(15)22-19(16)23/h6-10,21H,3-5H2,1-2H3,(H,22,23). The third-order valence-electron chi connectivity index (χ3n) is 4.92. The maximum absolute atomic E-state index is 12.4. The fourth-order valence-corrected chi connectivity index (χ4v) is 4.00. The summed E-state index contributed by atoms with van der Waals surface area (Å²) in [5, 5.41) is 3.61. The summed E-state index contributed by atoms with van der Waals surface area (Å²) in [6.07, 6.45) is 5.50. The Kier molecular flexibility index (Phi) is 3.34. The van der Waals surface area contributed by atoms with E-state index in [0.29, 0.717) is 16.5 Å². The van der Waals surface area contributed by atoms with Gasteiger partial charge >= 0.3 is 0 Å². The van der Waals surface area contributed by atoms with E-state index < -0.39 is 0 Å². The molecule has 4 heteroatoms. The van der Waals surface area contributed by atoms with Crippen LogP contribution in [0.1, 0.15) is 53.8 Å². The molecule has 1 aromatic carbocycles. The van der Waals surface area contributed by atoms with Gasteiger partial charge in [-0.25, -0.2) is 0 Å². The van der Waals surface area contributed by atoms with Gasteiger partial charge in [0.15, 0.2) is 0 Å². The van der Waals surface area contributed by atoms with Crippen LogP contribution in [0.25, 0.3) is 11.6 Å². The molecule has 1 unspecified atom stereocenters. The predicted molar refractivity (Wildman–Crippen MR) is 94.8 cm³/mol. The molecule has 23 heavy (non-hydrogen) atoms. The highest BCUT2D eigenvalue weighted by Gasteiger charge is 2.27. The first-order valence-electron chi connectivity index (χ1n) is 8.08. The molecule has 1 aliphatic heterocycles. The van der Waals surface area contributed by atoms with Crippen molar-refractivity contribution in [2.45, 2.75) is 39.0 Å². The molecule has 0 spiro atoms. The van der Waals surface area contributed by atoms with Crippen LogP contribution >= 0.6 is 11.6 Å². The summed E-state index contributed by atoms with van der Waals surface area (Å²) in [6.45, 7) is 4.23. The minimum atomic E-state index is -0.0639. The number of aromatic amines is 1. The molecular formula is C19H19ClN2O. The van der Waals surface area contributed by atoms with Gasteiger partial charge in [0.25, 0.3) is 5.91 Å². The molecule has 3 nitrogen and oxygen atoms in total. The van der Waals surface area contributed by atoms with Crippen molar-refractivity contribution in [1.29, 1.82) is 0 Å². The van der Waals surface area contributed by atoms with Gasteiger partial charge in [0, 0.05) is 22.0 Å². The van der Waals surface area contributed by atoms with Crippen molar-refractivity contribution in [3.05, 3.63) is 51.3 Å². The molecule has 1 amide bonds. The molecule has 0 fully saturated rings.